The van der Waals surface area contributed by atoms with Gasteiger partial charge in [-0.3, -0.25) is 14.5 Å². The predicted octanol–water partition coefficient (Wildman–Crippen LogP) is 1.36. The number of aromatic nitrogens is 3. The van der Waals surface area contributed by atoms with Crippen molar-refractivity contribution in [1.82, 2.24) is 25.4 Å². The van der Waals surface area contributed by atoms with Crippen LogP contribution in [0.1, 0.15) is 5.69 Å². The number of amides is 2. The number of fused-ring (bicyclic) bond motifs is 1. The van der Waals surface area contributed by atoms with Crippen LogP contribution < -0.4 is 11.1 Å². The number of carbonyl (C=O) groups is 3. The van der Waals surface area contributed by atoms with Crippen LogP contribution in [-0.2, 0) is 19.2 Å². The van der Waals surface area contributed by atoms with Crippen molar-refractivity contribution in [2.75, 3.05) is 24.3 Å². The summed E-state index contributed by atoms with van der Waals surface area (Å²) in [6, 6.07) is 5.27. The SMILES string of the molecule is CO/N=C(\C(=O)N[C@@H]1C(=O)N2C(C(=O)O)=C(CSc3nnc(-c4ccc(O)cc4)o3)CS[C@H]12)c1csc(N)n1. The van der Waals surface area contributed by atoms with E-state index in [1.54, 1.807) is 12.1 Å². The molecule has 0 unspecified atom stereocenters. The number of thioether (sulfide) groups is 2. The summed E-state index contributed by atoms with van der Waals surface area (Å²) < 4.78 is 5.64. The molecule has 1 saturated heterocycles. The van der Waals surface area contributed by atoms with Gasteiger partial charge in [0.2, 0.25) is 5.89 Å². The van der Waals surface area contributed by atoms with E-state index in [1.165, 1.54) is 41.3 Å². The molecule has 0 radical (unpaired) electrons. The molecule has 2 aromatic heterocycles. The Bertz CT molecular complexity index is 1500. The van der Waals surface area contributed by atoms with Crippen LogP contribution in [0, 0.1) is 0 Å². The molecule has 1 aromatic carbocycles. The molecule has 2 aliphatic rings. The minimum atomic E-state index is -1.26. The Morgan fingerprint density at radius 3 is 2.77 bits per heavy atom. The summed E-state index contributed by atoms with van der Waals surface area (Å²) >= 11 is 3.57. The number of rotatable bonds is 9. The number of carboxylic acid groups (broad SMARTS) is 1. The molecule has 2 aliphatic heterocycles. The Labute approximate surface area is 232 Å². The van der Waals surface area contributed by atoms with Crippen LogP contribution >= 0.6 is 34.9 Å². The van der Waals surface area contributed by atoms with Crippen LogP contribution in [0.4, 0.5) is 5.13 Å². The van der Waals surface area contributed by atoms with Crippen molar-refractivity contribution in [2.45, 2.75) is 16.6 Å². The lowest BCUT2D eigenvalue weighted by atomic mass is 10.0. The fraction of sp³-hybridized carbons (Fsp3) is 0.227. The van der Waals surface area contributed by atoms with Gasteiger partial charge < -0.3 is 30.5 Å². The molecule has 3 aromatic rings. The van der Waals surface area contributed by atoms with Crippen LogP contribution in [0.2, 0.25) is 0 Å². The third-order valence-electron chi connectivity index (χ3n) is 5.59. The van der Waals surface area contributed by atoms with Gasteiger partial charge in [0.25, 0.3) is 17.0 Å². The molecular weight excluding hydrogens is 570 g/mol. The molecule has 17 heteroatoms. The monoisotopic (exact) mass is 589 g/mol. The lowest BCUT2D eigenvalue weighted by Crippen LogP contribution is -2.71. The van der Waals surface area contributed by atoms with E-state index in [4.69, 9.17) is 15.0 Å². The second-order valence-corrected chi connectivity index (χ2v) is 10.9. The highest BCUT2D eigenvalue weighted by atomic mass is 32.2. The number of nitrogen functional groups attached to an aromatic ring is 1. The fourth-order valence-corrected chi connectivity index (χ4v) is 6.63. The van der Waals surface area contributed by atoms with Crippen molar-refractivity contribution >= 4 is 63.5 Å². The second-order valence-electron chi connectivity index (χ2n) is 8.02. The minimum absolute atomic E-state index is 0.102. The van der Waals surface area contributed by atoms with Crippen molar-refractivity contribution in [3.63, 3.8) is 0 Å². The van der Waals surface area contributed by atoms with Crippen LogP contribution in [-0.4, -0.2) is 83.8 Å². The molecule has 14 nitrogen and oxygen atoms in total. The number of oxime groups is 1. The zero-order chi connectivity index (χ0) is 27.7. The van der Waals surface area contributed by atoms with Gasteiger partial charge in [0.15, 0.2) is 10.8 Å². The third kappa shape index (κ3) is 5.27. The molecule has 202 valence electrons. The van der Waals surface area contributed by atoms with E-state index >= 15 is 0 Å². The molecule has 4 heterocycles. The summed E-state index contributed by atoms with van der Waals surface area (Å²) in [5.74, 6) is -1.69. The van der Waals surface area contributed by atoms with E-state index in [2.05, 4.69) is 25.7 Å². The number of aliphatic carboxylic acids is 1. The number of anilines is 1. The molecule has 1 fully saturated rings. The molecule has 39 heavy (non-hydrogen) atoms. The zero-order valence-electron chi connectivity index (χ0n) is 19.9. The number of phenolic OH excluding ortho intramolecular Hbond substituents is 1. The fourth-order valence-electron chi connectivity index (χ4n) is 3.83. The number of carboxylic acids is 1. The van der Waals surface area contributed by atoms with Gasteiger partial charge in [0, 0.05) is 22.4 Å². The second kappa shape index (κ2) is 11.0. The quantitative estimate of drug-likeness (QED) is 0.120. The molecular formula is C22H19N7O7S3. The Balaban J connectivity index is 1.27. The Morgan fingerprint density at radius 1 is 1.33 bits per heavy atom. The maximum Gasteiger partial charge on any atom is 0.352 e. The van der Waals surface area contributed by atoms with E-state index in [-0.39, 0.29) is 44.9 Å². The molecule has 2 amide bonds. The van der Waals surface area contributed by atoms with Crippen LogP contribution in [0.15, 0.2) is 55.7 Å². The highest BCUT2D eigenvalue weighted by molar-refractivity contribution is 8.01. The van der Waals surface area contributed by atoms with E-state index in [9.17, 15) is 24.6 Å². The van der Waals surface area contributed by atoms with Crippen LogP contribution in [0.3, 0.4) is 0 Å². The highest BCUT2D eigenvalue weighted by Gasteiger charge is 2.54. The Hall–Kier alpha value is -4.09. The normalized spacial score (nSPS) is 18.9. The average Bonchev–Trinajstić information content (AvgIpc) is 3.57. The van der Waals surface area contributed by atoms with Gasteiger partial charge in [-0.2, -0.15) is 0 Å². The third-order valence-corrected chi connectivity index (χ3v) is 8.51. The maximum atomic E-state index is 13.0. The first-order chi connectivity index (χ1) is 18.8. The van der Waals surface area contributed by atoms with Crippen molar-refractivity contribution in [2.24, 2.45) is 5.16 Å². The number of thiazole rings is 1. The molecule has 5 rings (SSSR count). The number of phenols is 1. The Kier molecular flexibility index (Phi) is 7.45. The smallest absolute Gasteiger partial charge is 0.352 e. The van der Waals surface area contributed by atoms with Gasteiger partial charge in [-0.15, -0.1) is 33.3 Å². The van der Waals surface area contributed by atoms with Crippen LogP contribution in [0.25, 0.3) is 11.5 Å². The van der Waals surface area contributed by atoms with Gasteiger partial charge >= 0.3 is 5.97 Å². The first-order valence-corrected chi connectivity index (χ1v) is 14.0. The number of nitrogens with two attached hydrogens (primary N) is 1. The van der Waals surface area contributed by atoms with E-state index in [0.717, 1.165) is 23.1 Å². The standard InChI is InChI=1S/C22H19N7O7S3/c1-35-28-13(12-8-38-21(23)24-12)16(31)25-14-18(32)29-15(20(33)34)10(6-37-19(14)29)7-39-22-27-26-17(36-22)9-2-4-11(30)5-3-9/h2-5,8,14,19,30H,6-7H2,1H3,(H2,23,24)(H,25,31)(H,33,34)/b28-13-/t14-,19-/m1/s1. The zero-order valence-corrected chi connectivity index (χ0v) is 22.4. The first-order valence-electron chi connectivity index (χ1n) is 11.1. The first kappa shape index (κ1) is 26.5. The molecule has 0 saturated carbocycles. The summed E-state index contributed by atoms with van der Waals surface area (Å²) in [4.78, 5) is 48.0. The topological polar surface area (TPSA) is 206 Å². The van der Waals surface area contributed by atoms with Crippen LogP contribution in [0.5, 0.6) is 5.75 Å². The van der Waals surface area contributed by atoms with Gasteiger partial charge in [-0.25, -0.2) is 9.78 Å². The molecule has 0 bridgehead atoms. The number of benzene rings is 1. The van der Waals surface area contributed by atoms with E-state index in [1.807, 2.05) is 0 Å². The molecule has 5 N–H and O–H groups in total. The number of nitrogens with zero attached hydrogens (tertiary/aromatic N) is 5. The molecule has 0 spiro atoms. The van der Waals surface area contributed by atoms with Crippen molar-refractivity contribution < 1.29 is 33.9 Å². The average molecular weight is 590 g/mol. The number of hydrogen-bond donors (Lipinski definition) is 4. The van der Waals surface area contributed by atoms with Gasteiger partial charge in [0.05, 0.1) is 0 Å². The number of nitrogens with one attached hydrogen (secondary N) is 1. The van der Waals surface area contributed by atoms with Gasteiger partial charge in [-0.05, 0) is 29.8 Å². The van der Waals surface area contributed by atoms with E-state index in [0.29, 0.717) is 16.9 Å². The largest absolute Gasteiger partial charge is 0.508 e. The lowest BCUT2D eigenvalue weighted by Gasteiger charge is -2.49. The van der Waals surface area contributed by atoms with Crippen molar-refractivity contribution in [1.29, 1.82) is 0 Å². The molecule has 2 atom stereocenters. The summed E-state index contributed by atoms with van der Waals surface area (Å²) in [5.41, 5.74) is 6.65. The Morgan fingerprint density at radius 2 is 2.10 bits per heavy atom. The number of hydrogen-bond acceptors (Lipinski definition) is 14. The summed E-state index contributed by atoms with van der Waals surface area (Å²) in [6.45, 7) is 0. The van der Waals surface area contributed by atoms with Gasteiger partial charge in [-0.1, -0.05) is 16.9 Å². The predicted molar refractivity (Wildman–Crippen MR) is 142 cm³/mol. The number of carbonyl (C=O) groups excluding carboxylic acids is 2. The molecule has 0 aliphatic carbocycles. The maximum absolute atomic E-state index is 13.0. The minimum Gasteiger partial charge on any atom is -0.508 e. The van der Waals surface area contributed by atoms with E-state index < -0.39 is 29.2 Å². The van der Waals surface area contributed by atoms with Crippen molar-refractivity contribution in [3.8, 4) is 17.2 Å². The summed E-state index contributed by atoms with van der Waals surface area (Å²) in [5, 5.41) is 35.0. The number of aromatic hydroxyl groups is 1. The highest BCUT2D eigenvalue weighted by Crippen LogP contribution is 2.41. The summed E-state index contributed by atoms with van der Waals surface area (Å²) in [6.07, 6.45) is 0. The van der Waals surface area contributed by atoms with Gasteiger partial charge in [0.1, 0.15) is 35.7 Å². The lowest BCUT2D eigenvalue weighted by molar-refractivity contribution is -0.150. The van der Waals surface area contributed by atoms with Crippen molar-refractivity contribution in [3.05, 3.63) is 46.6 Å². The number of β-lactam (4-membered cyclic amide) rings is 1. The summed E-state index contributed by atoms with van der Waals surface area (Å²) in [7, 11) is 1.27.